The topological polar surface area (TPSA) is 71.7 Å². The van der Waals surface area contributed by atoms with E-state index in [1.165, 1.54) is 10.6 Å². The Hall–Kier alpha value is -2.40. The van der Waals surface area contributed by atoms with Crippen LogP contribution < -0.4 is 5.56 Å². The third-order valence-electron chi connectivity index (χ3n) is 3.46. The van der Waals surface area contributed by atoms with Crippen LogP contribution in [0.3, 0.4) is 0 Å². The van der Waals surface area contributed by atoms with E-state index in [1.54, 1.807) is 37.3 Å². The Labute approximate surface area is 124 Å². The van der Waals surface area contributed by atoms with Gasteiger partial charge in [0.25, 0.3) is 5.56 Å². The lowest BCUT2D eigenvalue weighted by Crippen LogP contribution is -2.17. The van der Waals surface area contributed by atoms with Crippen molar-refractivity contribution in [2.45, 2.75) is 12.8 Å². The first-order chi connectivity index (χ1) is 9.97. The molecular weight excluding hydrogens is 292 g/mol. The van der Waals surface area contributed by atoms with Crippen LogP contribution >= 0.6 is 11.6 Å². The summed E-state index contributed by atoms with van der Waals surface area (Å²) in [6, 6.07) is 8.18. The molecule has 1 atom stereocenters. The zero-order valence-corrected chi connectivity index (χ0v) is 11.8. The standard InChI is InChI=1S/C15H11ClN2O3/c1-8(15(20)21)9-2-5-13-17-12-6-10(16)3-4-11(12)14(19)18(13)7-9/h2-8H,1H3,(H,20,21). The molecule has 0 aliphatic rings. The molecule has 0 saturated heterocycles. The predicted octanol–water partition coefficient (Wildman–Crippen LogP) is 2.69. The summed E-state index contributed by atoms with van der Waals surface area (Å²) in [5.41, 5.74) is 1.28. The summed E-state index contributed by atoms with van der Waals surface area (Å²) >= 11 is 5.91. The van der Waals surface area contributed by atoms with E-state index in [2.05, 4.69) is 4.98 Å². The minimum atomic E-state index is -0.942. The zero-order chi connectivity index (χ0) is 15.1. The molecule has 0 aliphatic carbocycles. The van der Waals surface area contributed by atoms with Gasteiger partial charge in [0.2, 0.25) is 0 Å². The Morgan fingerprint density at radius 3 is 2.81 bits per heavy atom. The summed E-state index contributed by atoms with van der Waals surface area (Å²) in [6.07, 6.45) is 1.53. The van der Waals surface area contributed by atoms with Crippen LogP contribution in [-0.2, 0) is 4.79 Å². The Kier molecular flexibility index (Phi) is 3.14. The minimum absolute atomic E-state index is 0.244. The molecule has 0 bridgehead atoms. The Balaban J connectivity index is 2.33. The average Bonchev–Trinajstić information content (AvgIpc) is 2.46. The molecular formula is C15H11ClN2O3. The molecule has 2 aromatic heterocycles. The number of carboxylic acids is 1. The number of benzene rings is 1. The minimum Gasteiger partial charge on any atom is -0.481 e. The molecule has 1 aromatic carbocycles. The molecule has 5 nitrogen and oxygen atoms in total. The van der Waals surface area contributed by atoms with Crippen LogP contribution in [0.2, 0.25) is 5.02 Å². The smallest absolute Gasteiger partial charge is 0.310 e. The number of carboxylic acid groups (broad SMARTS) is 1. The van der Waals surface area contributed by atoms with Gasteiger partial charge in [-0.15, -0.1) is 0 Å². The van der Waals surface area contributed by atoms with E-state index in [1.807, 2.05) is 0 Å². The first-order valence-electron chi connectivity index (χ1n) is 6.32. The van der Waals surface area contributed by atoms with E-state index in [-0.39, 0.29) is 5.56 Å². The van der Waals surface area contributed by atoms with Gasteiger partial charge in [-0.3, -0.25) is 14.0 Å². The van der Waals surface area contributed by atoms with Gasteiger partial charge in [-0.2, -0.15) is 0 Å². The van der Waals surface area contributed by atoms with Gasteiger partial charge in [-0.1, -0.05) is 17.7 Å². The second kappa shape index (κ2) is 4.86. The zero-order valence-electron chi connectivity index (χ0n) is 11.1. The van der Waals surface area contributed by atoms with Crippen molar-refractivity contribution in [2.75, 3.05) is 0 Å². The summed E-state index contributed by atoms with van der Waals surface area (Å²) in [7, 11) is 0. The molecule has 106 valence electrons. The molecule has 1 N–H and O–H groups in total. The predicted molar refractivity (Wildman–Crippen MR) is 80.0 cm³/mol. The lowest BCUT2D eigenvalue weighted by atomic mass is 10.0. The summed E-state index contributed by atoms with van der Waals surface area (Å²) in [4.78, 5) is 27.9. The van der Waals surface area contributed by atoms with Crippen molar-refractivity contribution in [3.05, 3.63) is 57.5 Å². The normalized spacial score (nSPS) is 12.7. The fraction of sp³-hybridized carbons (Fsp3) is 0.133. The van der Waals surface area contributed by atoms with E-state index in [4.69, 9.17) is 16.7 Å². The van der Waals surface area contributed by atoms with Gasteiger partial charge in [-0.25, -0.2) is 4.98 Å². The third kappa shape index (κ3) is 2.25. The molecule has 1 unspecified atom stereocenters. The van der Waals surface area contributed by atoms with Gasteiger partial charge in [-0.05, 0) is 36.8 Å². The van der Waals surface area contributed by atoms with Crippen molar-refractivity contribution in [3.8, 4) is 0 Å². The maximum absolute atomic E-state index is 12.5. The molecule has 0 radical (unpaired) electrons. The summed E-state index contributed by atoms with van der Waals surface area (Å²) in [6.45, 7) is 1.57. The molecule has 2 heterocycles. The third-order valence-corrected chi connectivity index (χ3v) is 3.70. The van der Waals surface area contributed by atoms with Gasteiger partial charge in [0.1, 0.15) is 5.65 Å². The van der Waals surface area contributed by atoms with Crippen LogP contribution in [0.15, 0.2) is 41.3 Å². The number of carbonyl (C=O) groups is 1. The number of nitrogens with zero attached hydrogens (tertiary/aromatic N) is 2. The first kappa shape index (κ1) is 13.6. The van der Waals surface area contributed by atoms with Crippen molar-refractivity contribution in [3.63, 3.8) is 0 Å². The number of hydrogen-bond acceptors (Lipinski definition) is 3. The second-order valence-corrected chi connectivity index (χ2v) is 5.27. The van der Waals surface area contributed by atoms with E-state index in [0.29, 0.717) is 27.1 Å². The van der Waals surface area contributed by atoms with Crippen molar-refractivity contribution >= 4 is 34.1 Å². The van der Waals surface area contributed by atoms with Crippen molar-refractivity contribution in [1.29, 1.82) is 0 Å². The molecule has 21 heavy (non-hydrogen) atoms. The molecule has 0 spiro atoms. The van der Waals surface area contributed by atoms with Gasteiger partial charge in [0.05, 0.1) is 16.8 Å². The quantitative estimate of drug-likeness (QED) is 0.739. The van der Waals surface area contributed by atoms with Gasteiger partial charge in [0.15, 0.2) is 0 Å². The van der Waals surface area contributed by atoms with Crippen molar-refractivity contribution in [1.82, 2.24) is 9.38 Å². The molecule has 0 aliphatic heterocycles. The Bertz CT molecular complexity index is 933. The van der Waals surface area contributed by atoms with E-state index < -0.39 is 11.9 Å². The Morgan fingerprint density at radius 2 is 2.10 bits per heavy atom. The SMILES string of the molecule is CC(C(=O)O)c1ccc2nc3cc(Cl)ccc3c(=O)n2c1. The average molecular weight is 303 g/mol. The molecule has 3 aromatic rings. The largest absolute Gasteiger partial charge is 0.481 e. The van der Waals surface area contributed by atoms with E-state index in [9.17, 15) is 9.59 Å². The monoisotopic (exact) mass is 302 g/mol. The fourth-order valence-electron chi connectivity index (χ4n) is 2.19. The second-order valence-electron chi connectivity index (χ2n) is 4.83. The fourth-order valence-corrected chi connectivity index (χ4v) is 2.36. The summed E-state index contributed by atoms with van der Waals surface area (Å²) in [5.74, 6) is -1.63. The lowest BCUT2D eigenvalue weighted by molar-refractivity contribution is -0.138. The maximum Gasteiger partial charge on any atom is 0.310 e. The number of pyridine rings is 1. The van der Waals surface area contributed by atoms with Crippen LogP contribution in [0.5, 0.6) is 0 Å². The number of aliphatic carboxylic acids is 1. The number of rotatable bonds is 2. The van der Waals surface area contributed by atoms with E-state index in [0.717, 1.165) is 0 Å². The molecule has 3 rings (SSSR count). The van der Waals surface area contributed by atoms with Gasteiger partial charge >= 0.3 is 5.97 Å². The number of halogens is 1. The van der Waals surface area contributed by atoms with Crippen LogP contribution in [-0.4, -0.2) is 20.5 Å². The van der Waals surface area contributed by atoms with Gasteiger partial charge in [0, 0.05) is 11.2 Å². The van der Waals surface area contributed by atoms with Crippen molar-refractivity contribution < 1.29 is 9.90 Å². The molecule has 0 amide bonds. The first-order valence-corrected chi connectivity index (χ1v) is 6.69. The highest BCUT2D eigenvalue weighted by atomic mass is 35.5. The summed E-state index contributed by atoms with van der Waals surface area (Å²) < 4.78 is 1.37. The highest BCUT2D eigenvalue weighted by molar-refractivity contribution is 6.31. The van der Waals surface area contributed by atoms with Crippen LogP contribution in [0.1, 0.15) is 18.4 Å². The van der Waals surface area contributed by atoms with Gasteiger partial charge < -0.3 is 5.11 Å². The molecule has 0 saturated carbocycles. The van der Waals surface area contributed by atoms with Crippen molar-refractivity contribution in [2.24, 2.45) is 0 Å². The van der Waals surface area contributed by atoms with Crippen LogP contribution in [0.25, 0.3) is 16.6 Å². The highest BCUT2D eigenvalue weighted by Gasteiger charge is 2.15. The maximum atomic E-state index is 12.5. The lowest BCUT2D eigenvalue weighted by Gasteiger charge is -2.09. The van der Waals surface area contributed by atoms with E-state index >= 15 is 0 Å². The highest BCUT2D eigenvalue weighted by Crippen LogP contribution is 2.18. The Morgan fingerprint density at radius 1 is 1.33 bits per heavy atom. The van der Waals surface area contributed by atoms with Crippen LogP contribution in [0.4, 0.5) is 0 Å². The molecule has 0 fully saturated rings. The van der Waals surface area contributed by atoms with Crippen LogP contribution in [0, 0.1) is 0 Å². The summed E-state index contributed by atoms with van der Waals surface area (Å²) in [5, 5.41) is 10.0. The number of aromatic nitrogens is 2. The number of fused-ring (bicyclic) bond motifs is 2. The molecule has 6 heteroatoms. The number of hydrogen-bond donors (Lipinski definition) is 1.